The molecule has 2 amide bonds. The Morgan fingerprint density at radius 3 is 2.73 bits per heavy atom. The highest BCUT2D eigenvalue weighted by molar-refractivity contribution is 7.07. The third kappa shape index (κ3) is 5.22. The first-order valence-electron chi connectivity index (χ1n) is 8.91. The molecule has 1 aromatic heterocycles. The van der Waals surface area contributed by atoms with Gasteiger partial charge in [-0.2, -0.15) is 11.3 Å². The number of carbonyl (C=O) groups excluding carboxylic acids is 1. The van der Waals surface area contributed by atoms with Gasteiger partial charge < -0.3 is 15.1 Å². The molecule has 1 N–H and O–H groups in total. The van der Waals surface area contributed by atoms with Gasteiger partial charge in [-0.25, -0.2) is 4.79 Å². The van der Waals surface area contributed by atoms with Crippen molar-refractivity contribution in [3.8, 4) is 0 Å². The van der Waals surface area contributed by atoms with Gasteiger partial charge in [0.15, 0.2) is 0 Å². The average molecular weight is 394 g/mol. The number of thiophene rings is 1. The minimum Gasteiger partial charge on any atom is -0.338 e. The molecule has 0 spiro atoms. The second kappa shape index (κ2) is 9.95. The van der Waals surface area contributed by atoms with Gasteiger partial charge in [-0.3, -0.25) is 0 Å². The lowest BCUT2D eigenvalue weighted by Gasteiger charge is -2.24. The first-order valence-corrected chi connectivity index (χ1v) is 9.85. The molecule has 1 saturated heterocycles. The van der Waals surface area contributed by atoms with Gasteiger partial charge in [0.25, 0.3) is 0 Å². The number of nitrogens with one attached hydrogen (secondary N) is 1. The first-order chi connectivity index (χ1) is 12.1. The van der Waals surface area contributed by atoms with Crippen LogP contribution in [-0.4, -0.2) is 49.6 Å². The van der Waals surface area contributed by atoms with Crippen LogP contribution in [0.5, 0.6) is 0 Å². The molecular weight excluding hydrogens is 366 g/mol. The summed E-state index contributed by atoms with van der Waals surface area (Å²) in [5.74, 6) is 0.465. The molecular formula is C20H28ClN3OS. The summed E-state index contributed by atoms with van der Waals surface area (Å²) in [7, 11) is 4.18. The summed E-state index contributed by atoms with van der Waals surface area (Å²) in [6, 6.07) is 13.1. The molecule has 1 aliphatic heterocycles. The lowest BCUT2D eigenvalue weighted by molar-refractivity contribution is 0.205. The number of rotatable bonds is 6. The van der Waals surface area contributed by atoms with Gasteiger partial charge in [0, 0.05) is 31.6 Å². The second-order valence-electron chi connectivity index (χ2n) is 6.90. The van der Waals surface area contributed by atoms with Crippen LogP contribution in [0.1, 0.15) is 35.9 Å². The number of likely N-dealkylation sites (tertiary alicyclic amines) is 1. The highest BCUT2D eigenvalue weighted by atomic mass is 35.5. The Morgan fingerprint density at radius 1 is 1.31 bits per heavy atom. The summed E-state index contributed by atoms with van der Waals surface area (Å²) < 4.78 is 0. The van der Waals surface area contributed by atoms with E-state index in [4.69, 9.17) is 0 Å². The zero-order valence-electron chi connectivity index (χ0n) is 15.4. The van der Waals surface area contributed by atoms with Crippen molar-refractivity contribution in [3.05, 3.63) is 58.3 Å². The maximum absolute atomic E-state index is 12.5. The molecule has 2 atom stereocenters. The van der Waals surface area contributed by atoms with Crippen molar-refractivity contribution in [1.82, 2.24) is 15.1 Å². The van der Waals surface area contributed by atoms with Crippen molar-refractivity contribution in [3.63, 3.8) is 0 Å². The number of amides is 2. The third-order valence-corrected chi connectivity index (χ3v) is 5.69. The van der Waals surface area contributed by atoms with Crippen LogP contribution in [0.2, 0.25) is 0 Å². The Morgan fingerprint density at radius 2 is 2.08 bits per heavy atom. The number of benzene rings is 1. The highest BCUT2D eigenvalue weighted by Gasteiger charge is 2.27. The van der Waals surface area contributed by atoms with E-state index in [1.54, 1.807) is 11.3 Å². The van der Waals surface area contributed by atoms with Crippen LogP contribution in [0.15, 0.2) is 47.2 Å². The Hall–Kier alpha value is -1.56. The van der Waals surface area contributed by atoms with Crippen LogP contribution in [-0.2, 0) is 0 Å². The van der Waals surface area contributed by atoms with Crippen molar-refractivity contribution in [2.24, 2.45) is 0 Å². The predicted molar refractivity (Wildman–Crippen MR) is 111 cm³/mol. The molecule has 142 valence electrons. The molecule has 6 heteroatoms. The molecule has 1 fully saturated rings. The lowest BCUT2D eigenvalue weighted by atomic mass is 9.99. The van der Waals surface area contributed by atoms with E-state index in [9.17, 15) is 4.79 Å². The van der Waals surface area contributed by atoms with Crippen molar-refractivity contribution in [2.45, 2.75) is 24.8 Å². The van der Waals surface area contributed by atoms with Gasteiger partial charge in [-0.05, 0) is 54.9 Å². The Balaban J connectivity index is 0.00000243. The molecule has 2 aromatic rings. The van der Waals surface area contributed by atoms with Gasteiger partial charge in [-0.1, -0.05) is 30.3 Å². The van der Waals surface area contributed by atoms with Gasteiger partial charge >= 0.3 is 6.03 Å². The molecule has 0 radical (unpaired) electrons. The molecule has 26 heavy (non-hydrogen) atoms. The van der Waals surface area contributed by atoms with Crippen molar-refractivity contribution in [2.75, 3.05) is 33.7 Å². The lowest BCUT2D eigenvalue weighted by Crippen LogP contribution is -2.39. The number of carbonyl (C=O) groups is 1. The number of nitrogens with zero attached hydrogens (tertiary/aromatic N) is 2. The van der Waals surface area contributed by atoms with Gasteiger partial charge in [0.2, 0.25) is 0 Å². The summed E-state index contributed by atoms with van der Waals surface area (Å²) in [6.45, 7) is 2.36. The van der Waals surface area contributed by atoms with E-state index < -0.39 is 0 Å². The summed E-state index contributed by atoms with van der Waals surface area (Å²) in [5.41, 5.74) is 2.66. The summed E-state index contributed by atoms with van der Waals surface area (Å²) in [5, 5.41) is 7.41. The molecule has 1 aromatic carbocycles. The van der Waals surface area contributed by atoms with Crippen LogP contribution in [0.25, 0.3) is 0 Å². The van der Waals surface area contributed by atoms with E-state index in [1.165, 1.54) is 11.1 Å². The van der Waals surface area contributed by atoms with Crippen LogP contribution in [0.3, 0.4) is 0 Å². The summed E-state index contributed by atoms with van der Waals surface area (Å²) in [6.07, 6.45) is 1.97. The third-order valence-electron chi connectivity index (χ3n) is 4.99. The fraction of sp³-hybridized carbons (Fsp3) is 0.450. The average Bonchev–Trinajstić information content (AvgIpc) is 3.30. The largest absolute Gasteiger partial charge is 0.338 e. The highest BCUT2D eigenvalue weighted by Crippen LogP contribution is 2.27. The second-order valence-corrected chi connectivity index (χ2v) is 7.68. The van der Waals surface area contributed by atoms with Crippen LogP contribution in [0.4, 0.5) is 4.79 Å². The number of hydrogen-bond donors (Lipinski definition) is 1. The molecule has 0 unspecified atom stereocenters. The van der Waals surface area contributed by atoms with Crippen molar-refractivity contribution >= 4 is 29.8 Å². The van der Waals surface area contributed by atoms with E-state index in [1.807, 2.05) is 11.0 Å². The summed E-state index contributed by atoms with van der Waals surface area (Å²) >= 11 is 1.72. The SMILES string of the molecule is CN(C)[C@H](CCNC(=O)N1CC[C@H](c2ccccc2)C1)c1ccsc1.Cl. The van der Waals surface area contributed by atoms with Gasteiger partial charge in [-0.15, -0.1) is 12.4 Å². The fourth-order valence-corrected chi connectivity index (χ4v) is 4.26. The van der Waals surface area contributed by atoms with Gasteiger partial charge in [0.05, 0.1) is 0 Å². The fourth-order valence-electron chi connectivity index (χ4n) is 3.56. The quantitative estimate of drug-likeness (QED) is 0.791. The van der Waals surface area contributed by atoms with Crippen LogP contribution >= 0.6 is 23.7 Å². The topological polar surface area (TPSA) is 35.6 Å². The maximum Gasteiger partial charge on any atom is 0.317 e. The van der Waals surface area contributed by atoms with Crippen LogP contribution in [0, 0.1) is 0 Å². The molecule has 3 rings (SSSR count). The van der Waals surface area contributed by atoms with E-state index >= 15 is 0 Å². The van der Waals surface area contributed by atoms with E-state index in [-0.39, 0.29) is 18.4 Å². The van der Waals surface area contributed by atoms with E-state index in [0.717, 1.165) is 25.9 Å². The first kappa shape index (κ1) is 20.7. The zero-order chi connectivity index (χ0) is 17.6. The monoisotopic (exact) mass is 393 g/mol. The zero-order valence-corrected chi connectivity index (χ0v) is 17.1. The molecule has 0 bridgehead atoms. The van der Waals surface area contributed by atoms with E-state index in [2.05, 4.69) is 65.4 Å². The van der Waals surface area contributed by atoms with Crippen LogP contribution < -0.4 is 5.32 Å². The minimum atomic E-state index is 0. The Labute approximate surface area is 166 Å². The minimum absolute atomic E-state index is 0. The maximum atomic E-state index is 12.5. The molecule has 0 aliphatic carbocycles. The van der Waals surface area contributed by atoms with Crippen molar-refractivity contribution < 1.29 is 4.79 Å². The molecule has 2 heterocycles. The summed E-state index contributed by atoms with van der Waals surface area (Å²) in [4.78, 5) is 16.6. The molecule has 1 aliphatic rings. The normalized spacial score (nSPS) is 17.8. The smallest absolute Gasteiger partial charge is 0.317 e. The Bertz CT molecular complexity index is 663. The predicted octanol–water partition coefficient (Wildman–Crippen LogP) is 4.36. The Kier molecular flexibility index (Phi) is 7.94. The standard InChI is InChI=1S/C20H27N3OS.ClH/c1-22(2)19(18-10-13-25-15-18)8-11-21-20(24)23-12-9-17(14-23)16-6-4-3-5-7-16;/h3-7,10,13,15,17,19H,8-9,11-12,14H2,1-2H3,(H,21,24);1H/t17-,19+;/m0./s1. The number of hydrogen-bond acceptors (Lipinski definition) is 3. The number of urea groups is 1. The molecule has 0 saturated carbocycles. The number of halogens is 1. The van der Waals surface area contributed by atoms with Gasteiger partial charge in [0.1, 0.15) is 0 Å². The van der Waals surface area contributed by atoms with E-state index in [0.29, 0.717) is 18.5 Å². The van der Waals surface area contributed by atoms with Crippen molar-refractivity contribution in [1.29, 1.82) is 0 Å². The molecule has 4 nitrogen and oxygen atoms in total.